The van der Waals surface area contributed by atoms with E-state index in [-0.39, 0.29) is 29.3 Å². The second-order valence-corrected chi connectivity index (χ2v) is 2.70. The van der Waals surface area contributed by atoms with Crippen LogP contribution in [0.25, 0.3) is 0 Å². The largest absolute Gasteiger partial charge is 0.481 e. The van der Waals surface area contributed by atoms with Crippen LogP contribution in [0.3, 0.4) is 0 Å². The van der Waals surface area contributed by atoms with Gasteiger partial charge in [-0.25, -0.2) is 0 Å². The summed E-state index contributed by atoms with van der Waals surface area (Å²) >= 11 is 0. The van der Waals surface area contributed by atoms with Crippen LogP contribution >= 0.6 is 0 Å². The number of aliphatic hydroxyl groups excluding tert-OH is 1. The van der Waals surface area contributed by atoms with Gasteiger partial charge in [0, 0.05) is 23.4 Å². The summed E-state index contributed by atoms with van der Waals surface area (Å²) in [5, 5.41) is 17.0. The smallest absolute Gasteiger partial charge is 0.306 e. The summed E-state index contributed by atoms with van der Waals surface area (Å²) in [4.78, 5) is 10.4. The normalized spacial score (nSPS) is 12.4. The molecule has 0 bridgehead atoms. The second-order valence-electron chi connectivity index (χ2n) is 2.70. The molecular weight excluding hydrogens is 191 g/mol. The minimum absolute atomic E-state index is 0. The van der Waals surface area contributed by atoms with Crippen LogP contribution in [0.1, 0.15) is 20.3 Å². The van der Waals surface area contributed by atoms with Gasteiger partial charge >= 0.3 is 5.97 Å². The summed E-state index contributed by atoms with van der Waals surface area (Å²) in [5.74, 6) is -1.11. The van der Waals surface area contributed by atoms with Gasteiger partial charge in [-0.05, 0) is 12.3 Å². The molecule has 1 radical (unpaired) electrons. The molecule has 0 rings (SSSR count). The predicted octanol–water partition coefficient (Wildman–Crippen LogP) is 0.723. The van der Waals surface area contributed by atoms with E-state index in [4.69, 9.17) is 10.2 Å². The van der Waals surface area contributed by atoms with E-state index in [9.17, 15) is 4.79 Å². The molecule has 69 valence electrons. The van der Waals surface area contributed by atoms with Crippen LogP contribution < -0.4 is 0 Å². The van der Waals surface area contributed by atoms with Crippen molar-refractivity contribution in [3.8, 4) is 0 Å². The van der Waals surface area contributed by atoms with Crippen molar-refractivity contribution >= 4 is 5.97 Å². The average molecular weight is 205 g/mol. The molecule has 0 fully saturated rings. The minimum atomic E-state index is -0.816. The van der Waals surface area contributed by atoms with E-state index >= 15 is 0 Å². The van der Waals surface area contributed by atoms with E-state index < -0.39 is 11.9 Å². The molecule has 1 unspecified atom stereocenters. The van der Waals surface area contributed by atoms with Gasteiger partial charge in [-0.1, -0.05) is 13.8 Å². The number of carboxylic acids is 1. The maximum atomic E-state index is 10.4. The van der Waals surface area contributed by atoms with E-state index in [0.717, 1.165) is 0 Å². The molecule has 4 heteroatoms. The van der Waals surface area contributed by atoms with E-state index in [2.05, 4.69) is 0 Å². The molecule has 0 heterocycles. The van der Waals surface area contributed by atoms with Crippen molar-refractivity contribution in [3.05, 3.63) is 0 Å². The fraction of sp³-hybridized carbons (Fsp3) is 0.857. The quantitative estimate of drug-likeness (QED) is 0.711. The Balaban J connectivity index is 0. The van der Waals surface area contributed by atoms with Gasteiger partial charge in [0.1, 0.15) is 0 Å². The molecule has 0 saturated heterocycles. The molecule has 0 aliphatic rings. The average Bonchev–Trinajstić information content (AvgIpc) is 1.81. The summed E-state index contributed by atoms with van der Waals surface area (Å²) in [6, 6.07) is 0. The summed E-state index contributed by atoms with van der Waals surface area (Å²) in [7, 11) is 0. The molecule has 0 amide bonds. The Bertz CT molecular complexity index is 114. The summed E-state index contributed by atoms with van der Waals surface area (Å²) in [6.07, 6.45) is 0.354. The van der Waals surface area contributed by atoms with Gasteiger partial charge in [0.15, 0.2) is 0 Å². The van der Waals surface area contributed by atoms with Crippen molar-refractivity contribution in [3.63, 3.8) is 0 Å². The third-order valence-corrected chi connectivity index (χ3v) is 1.56. The van der Waals surface area contributed by atoms with Crippen LogP contribution in [0.5, 0.6) is 0 Å². The first-order chi connectivity index (χ1) is 4.59. The topological polar surface area (TPSA) is 57.5 Å². The molecule has 1 atom stereocenters. The first-order valence-corrected chi connectivity index (χ1v) is 3.43. The van der Waals surface area contributed by atoms with Crippen molar-refractivity contribution < 1.29 is 31.8 Å². The van der Waals surface area contributed by atoms with Gasteiger partial charge < -0.3 is 10.2 Å². The van der Waals surface area contributed by atoms with Crippen LogP contribution in [0.15, 0.2) is 0 Å². The van der Waals surface area contributed by atoms with Crippen molar-refractivity contribution in [2.24, 2.45) is 11.8 Å². The van der Waals surface area contributed by atoms with Crippen molar-refractivity contribution in [2.75, 3.05) is 6.61 Å². The third kappa shape index (κ3) is 5.23. The second kappa shape index (κ2) is 6.63. The van der Waals surface area contributed by atoms with Crippen LogP contribution in [-0.2, 0) is 21.6 Å². The Labute approximate surface area is 77.0 Å². The minimum Gasteiger partial charge on any atom is -0.481 e. The number of hydrogen-bond donors (Lipinski definition) is 2. The molecule has 0 aliphatic heterocycles. The first-order valence-electron chi connectivity index (χ1n) is 3.43. The van der Waals surface area contributed by atoms with E-state index in [1.54, 1.807) is 0 Å². The van der Waals surface area contributed by atoms with Crippen LogP contribution in [0, 0.1) is 11.8 Å². The molecule has 0 spiro atoms. The monoisotopic (exact) mass is 205 g/mol. The fourth-order valence-corrected chi connectivity index (χ4v) is 0.881. The van der Waals surface area contributed by atoms with Gasteiger partial charge in [-0.3, -0.25) is 4.79 Å². The van der Waals surface area contributed by atoms with Crippen LogP contribution in [0.4, 0.5) is 0 Å². The molecule has 2 N–H and O–H groups in total. The summed E-state index contributed by atoms with van der Waals surface area (Å²) in [5.41, 5.74) is 0. The number of hydrogen-bond acceptors (Lipinski definition) is 2. The summed E-state index contributed by atoms with van der Waals surface area (Å²) < 4.78 is 0. The molecule has 0 aromatic rings. The Morgan fingerprint density at radius 3 is 2.00 bits per heavy atom. The molecule has 3 nitrogen and oxygen atoms in total. The first kappa shape index (κ1) is 13.5. The van der Waals surface area contributed by atoms with Gasteiger partial charge in [0.05, 0.1) is 5.92 Å². The van der Waals surface area contributed by atoms with Gasteiger partial charge in [-0.2, -0.15) is 0 Å². The summed E-state index contributed by atoms with van der Waals surface area (Å²) in [6.45, 7) is 3.64. The number of aliphatic hydroxyl groups is 1. The molecule has 0 aliphatic carbocycles. The molecule has 0 aromatic carbocycles. The fourth-order valence-electron chi connectivity index (χ4n) is 0.881. The maximum Gasteiger partial charge on any atom is 0.306 e. The third-order valence-electron chi connectivity index (χ3n) is 1.56. The molecular formula is C7H14CoO3. The van der Waals surface area contributed by atoms with E-state index in [1.165, 1.54) is 0 Å². The van der Waals surface area contributed by atoms with E-state index in [0.29, 0.717) is 6.42 Å². The van der Waals surface area contributed by atoms with Crippen molar-refractivity contribution in [2.45, 2.75) is 20.3 Å². The maximum absolute atomic E-state index is 10.4. The zero-order valence-corrected chi connectivity index (χ0v) is 7.75. The van der Waals surface area contributed by atoms with Crippen LogP contribution in [0.2, 0.25) is 0 Å². The van der Waals surface area contributed by atoms with Crippen molar-refractivity contribution in [1.29, 1.82) is 0 Å². The number of rotatable bonds is 4. The zero-order chi connectivity index (χ0) is 8.15. The number of carbonyl (C=O) groups is 1. The van der Waals surface area contributed by atoms with Gasteiger partial charge in [0.25, 0.3) is 0 Å². The SMILES string of the molecule is CC(C)C(CCO)C(=O)O.[Co]. The van der Waals surface area contributed by atoms with Gasteiger partial charge in [0.2, 0.25) is 0 Å². The molecule has 0 aromatic heterocycles. The van der Waals surface area contributed by atoms with Gasteiger partial charge in [-0.15, -0.1) is 0 Å². The Hall–Kier alpha value is -0.0635. The zero-order valence-electron chi connectivity index (χ0n) is 6.70. The molecule has 11 heavy (non-hydrogen) atoms. The van der Waals surface area contributed by atoms with Crippen LogP contribution in [-0.4, -0.2) is 22.8 Å². The van der Waals surface area contributed by atoms with Crippen molar-refractivity contribution in [1.82, 2.24) is 0 Å². The van der Waals surface area contributed by atoms with E-state index in [1.807, 2.05) is 13.8 Å². The number of aliphatic carboxylic acids is 1. The number of carboxylic acid groups (broad SMARTS) is 1. The standard InChI is InChI=1S/C7H14O3.Co/c1-5(2)6(3-4-8)7(9)10;/h5-6,8H,3-4H2,1-2H3,(H,9,10);. The predicted molar refractivity (Wildman–Crippen MR) is 37.7 cm³/mol. The Morgan fingerprint density at radius 2 is 1.91 bits per heavy atom. The Morgan fingerprint density at radius 1 is 1.45 bits per heavy atom. The Kier molecular flexibility index (Phi) is 8.16. The molecule has 0 saturated carbocycles.